The zero-order valence-corrected chi connectivity index (χ0v) is 10.5. The van der Waals surface area contributed by atoms with Gasteiger partial charge in [-0.05, 0) is 31.5 Å². The molecule has 0 saturated carbocycles. The Morgan fingerprint density at radius 3 is 2.78 bits per heavy atom. The van der Waals surface area contributed by atoms with Gasteiger partial charge in [0.2, 0.25) is 0 Å². The highest BCUT2D eigenvalue weighted by atomic mass is 16.5. The van der Waals surface area contributed by atoms with Crippen molar-refractivity contribution in [3.63, 3.8) is 0 Å². The first-order valence-corrected chi connectivity index (χ1v) is 6.07. The minimum Gasteiger partial charge on any atom is -0.497 e. The summed E-state index contributed by atoms with van der Waals surface area (Å²) in [6, 6.07) is 5.54. The molecule has 2 heterocycles. The van der Waals surface area contributed by atoms with Gasteiger partial charge in [0, 0.05) is 18.5 Å². The fourth-order valence-electron chi connectivity index (χ4n) is 2.27. The summed E-state index contributed by atoms with van der Waals surface area (Å²) in [7, 11) is 1.62. The third-order valence-corrected chi connectivity index (χ3v) is 3.43. The molecule has 0 N–H and O–H groups in total. The molecule has 1 fully saturated rings. The number of hydrogen-bond donors (Lipinski definition) is 0. The van der Waals surface area contributed by atoms with Crippen LogP contribution < -0.4 is 4.74 Å². The van der Waals surface area contributed by atoms with Crippen LogP contribution in [0.1, 0.15) is 22.5 Å². The average Bonchev–Trinajstić information content (AvgIpc) is 2.61. The van der Waals surface area contributed by atoms with Crippen molar-refractivity contribution in [2.24, 2.45) is 0 Å². The minimum atomic E-state index is 0.0609. The van der Waals surface area contributed by atoms with Crippen LogP contribution in [0.2, 0.25) is 0 Å². The van der Waals surface area contributed by atoms with Crippen molar-refractivity contribution in [3.8, 4) is 5.75 Å². The van der Waals surface area contributed by atoms with E-state index in [9.17, 15) is 4.79 Å². The lowest BCUT2D eigenvalue weighted by Crippen LogP contribution is -2.42. The molecular formula is C14H15NO3. The lowest BCUT2D eigenvalue weighted by Gasteiger charge is -2.30. The maximum absolute atomic E-state index is 12.3. The molecule has 1 aliphatic heterocycles. The van der Waals surface area contributed by atoms with Gasteiger partial charge in [0.05, 0.1) is 12.7 Å². The van der Waals surface area contributed by atoms with Crippen molar-refractivity contribution in [1.82, 2.24) is 4.90 Å². The number of fused-ring (bicyclic) bond motifs is 1. The van der Waals surface area contributed by atoms with Crippen molar-refractivity contribution < 1.29 is 13.9 Å². The number of hydrogen-bond acceptors (Lipinski definition) is 3. The molecule has 1 aromatic heterocycles. The number of methoxy groups -OCH3 is 1. The Morgan fingerprint density at radius 2 is 2.17 bits per heavy atom. The molecule has 3 rings (SSSR count). The third-order valence-electron chi connectivity index (χ3n) is 3.43. The second kappa shape index (κ2) is 4.05. The summed E-state index contributed by atoms with van der Waals surface area (Å²) in [4.78, 5) is 14.2. The van der Waals surface area contributed by atoms with Crippen molar-refractivity contribution in [2.75, 3.05) is 20.2 Å². The molecule has 2 aromatic rings. The second-order valence-electron chi connectivity index (χ2n) is 4.54. The smallest absolute Gasteiger partial charge is 0.258 e. The van der Waals surface area contributed by atoms with Crippen molar-refractivity contribution in [1.29, 1.82) is 0 Å². The number of carbonyl (C=O) groups is 1. The number of rotatable bonds is 2. The summed E-state index contributed by atoms with van der Waals surface area (Å²) < 4.78 is 10.8. The molecule has 1 saturated heterocycles. The van der Waals surface area contributed by atoms with Crippen LogP contribution in [-0.4, -0.2) is 31.0 Å². The molecule has 0 radical (unpaired) electrons. The Labute approximate surface area is 105 Å². The SMILES string of the molecule is COc1ccc2oc(C)c(C(=O)N3CCC3)c2c1. The van der Waals surface area contributed by atoms with E-state index in [1.807, 2.05) is 30.0 Å². The van der Waals surface area contributed by atoms with Gasteiger partial charge < -0.3 is 14.1 Å². The molecule has 1 aliphatic rings. The van der Waals surface area contributed by atoms with Crippen LogP contribution in [0.4, 0.5) is 0 Å². The Balaban J connectivity index is 2.13. The van der Waals surface area contributed by atoms with Gasteiger partial charge >= 0.3 is 0 Å². The minimum absolute atomic E-state index is 0.0609. The van der Waals surface area contributed by atoms with E-state index >= 15 is 0 Å². The van der Waals surface area contributed by atoms with E-state index in [1.165, 1.54) is 0 Å². The van der Waals surface area contributed by atoms with Crippen LogP contribution in [0, 0.1) is 6.92 Å². The Kier molecular flexibility index (Phi) is 2.51. The number of furan rings is 1. The topological polar surface area (TPSA) is 42.7 Å². The molecule has 0 spiro atoms. The average molecular weight is 245 g/mol. The molecule has 0 bridgehead atoms. The summed E-state index contributed by atoms with van der Waals surface area (Å²) in [5.41, 5.74) is 1.40. The highest BCUT2D eigenvalue weighted by molar-refractivity contribution is 6.07. The van der Waals surface area contributed by atoms with E-state index in [0.717, 1.165) is 36.2 Å². The maximum Gasteiger partial charge on any atom is 0.258 e. The third kappa shape index (κ3) is 1.56. The van der Waals surface area contributed by atoms with Crippen LogP contribution in [0.3, 0.4) is 0 Å². The highest BCUT2D eigenvalue weighted by Crippen LogP contribution is 2.30. The zero-order valence-electron chi connectivity index (χ0n) is 10.5. The zero-order chi connectivity index (χ0) is 12.7. The van der Waals surface area contributed by atoms with Gasteiger partial charge in [-0.2, -0.15) is 0 Å². The van der Waals surface area contributed by atoms with Gasteiger partial charge in [-0.25, -0.2) is 0 Å². The number of amides is 1. The molecular weight excluding hydrogens is 230 g/mol. The van der Waals surface area contributed by atoms with Crippen LogP contribution in [0.15, 0.2) is 22.6 Å². The first-order valence-electron chi connectivity index (χ1n) is 6.07. The first-order chi connectivity index (χ1) is 8.70. The quantitative estimate of drug-likeness (QED) is 0.816. The van der Waals surface area contributed by atoms with Gasteiger partial charge in [-0.3, -0.25) is 4.79 Å². The predicted molar refractivity (Wildman–Crippen MR) is 68.0 cm³/mol. The number of carbonyl (C=O) groups excluding carboxylic acids is 1. The first kappa shape index (κ1) is 11.1. The van der Waals surface area contributed by atoms with E-state index in [1.54, 1.807) is 7.11 Å². The fraction of sp³-hybridized carbons (Fsp3) is 0.357. The number of nitrogens with zero attached hydrogens (tertiary/aromatic N) is 1. The second-order valence-corrected chi connectivity index (χ2v) is 4.54. The van der Waals surface area contributed by atoms with Crippen LogP contribution in [0.5, 0.6) is 5.75 Å². The molecule has 0 atom stereocenters. The van der Waals surface area contributed by atoms with E-state index in [2.05, 4.69) is 0 Å². The van der Waals surface area contributed by atoms with Crippen LogP contribution >= 0.6 is 0 Å². The fourth-order valence-corrected chi connectivity index (χ4v) is 2.27. The summed E-state index contributed by atoms with van der Waals surface area (Å²) in [5, 5.41) is 0.837. The van der Waals surface area contributed by atoms with Crippen molar-refractivity contribution in [3.05, 3.63) is 29.5 Å². The van der Waals surface area contributed by atoms with E-state index in [0.29, 0.717) is 11.3 Å². The lowest BCUT2D eigenvalue weighted by atomic mass is 10.1. The largest absolute Gasteiger partial charge is 0.497 e. The number of benzene rings is 1. The van der Waals surface area contributed by atoms with Gasteiger partial charge in [0.25, 0.3) is 5.91 Å². The Hall–Kier alpha value is -1.97. The van der Waals surface area contributed by atoms with Crippen molar-refractivity contribution in [2.45, 2.75) is 13.3 Å². The number of likely N-dealkylation sites (tertiary alicyclic amines) is 1. The molecule has 94 valence electrons. The molecule has 0 unspecified atom stereocenters. The van der Waals surface area contributed by atoms with Gasteiger partial charge in [-0.1, -0.05) is 0 Å². The number of aryl methyl sites for hydroxylation is 1. The van der Waals surface area contributed by atoms with E-state index < -0.39 is 0 Å². The molecule has 1 amide bonds. The Bertz CT molecular complexity index is 611. The highest BCUT2D eigenvalue weighted by Gasteiger charge is 2.27. The molecule has 4 nitrogen and oxygen atoms in total. The summed E-state index contributed by atoms with van der Waals surface area (Å²) in [5.74, 6) is 1.47. The van der Waals surface area contributed by atoms with Gasteiger partial charge in [0.1, 0.15) is 17.1 Å². The maximum atomic E-state index is 12.3. The predicted octanol–water partition coefficient (Wildman–Crippen LogP) is 2.60. The van der Waals surface area contributed by atoms with Crippen molar-refractivity contribution >= 4 is 16.9 Å². The molecule has 4 heteroatoms. The van der Waals surface area contributed by atoms with Gasteiger partial charge in [-0.15, -0.1) is 0 Å². The monoisotopic (exact) mass is 245 g/mol. The van der Waals surface area contributed by atoms with E-state index in [4.69, 9.17) is 9.15 Å². The van der Waals surface area contributed by atoms with Crippen LogP contribution in [0.25, 0.3) is 11.0 Å². The molecule has 1 aromatic carbocycles. The molecule has 18 heavy (non-hydrogen) atoms. The van der Waals surface area contributed by atoms with E-state index in [-0.39, 0.29) is 5.91 Å². The number of ether oxygens (including phenoxy) is 1. The normalized spacial score (nSPS) is 14.7. The lowest BCUT2D eigenvalue weighted by molar-refractivity contribution is 0.0652. The standard InChI is InChI=1S/C14H15NO3/c1-9-13(14(16)15-6-3-7-15)11-8-10(17-2)4-5-12(11)18-9/h4-5,8H,3,6-7H2,1-2H3. The summed E-state index contributed by atoms with van der Waals surface area (Å²) in [6.07, 6.45) is 1.09. The van der Waals surface area contributed by atoms with Gasteiger partial charge in [0.15, 0.2) is 0 Å². The van der Waals surface area contributed by atoms with Crippen LogP contribution in [-0.2, 0) is 0 Å². The summed E-state index contributed by atoms with van der Waals surface area (Å²) in [6.45, 7) is 3.52. The summed E-state index contributed by atoms with van der Waals surface area (Å²) >= 11 is 0. The molecule has 0 aliphatic carbocycles. The Morgan fingerprint density at radius 1 is 1.39 bits per heavy atom.